The van der Waals surface area contributed by atoms with Crippen LogP contribution in [0.1, 0.15) is 0 Å². The Kier molecular flexibility index (Phi) is 4.28. The van der Waals surface area contributed by atoms with Crippen LogP contribution in [0.3, 0.4) is 0 Å². The number of carbonyl (C=O) groups excluding carboxylic acids is 2. The molecule has 0 saturated heterocycles. The molecule has 0 unspecified atom stereocenters. The normalized spacial score (nSPS) is 8.17. The highest BCUT2D eigenvalue weighted by Gasteiger charge is 2.09. The summed E-state index contributed by atoms with van der Waals surface area (Å²) >= 11 is 0. The minimum atomic E-state index is -1.02. The third kappa shape index (κ3) is 4.15. The number of ether oxygens (including phenoxy) is 4. The molecule has 0 spiro atoms. The van der Waals surface area contributed by atoms with Gasteiger partial charge in [0.25, 0.3) is 5.95 Å². The fourth-order valence-electron chi connectivity index (χ4n) is 0.290. The van der Waals surface area contributed by atoms with E-state index in [1.54, 1.807) is 0 Å². The zero-order chi connectivity index (χ0) is 9.56. The van der Waals surface area contributed by atoms with Crippen molar-refractivity contribution in [3.8, 4) is 0 Å². The van der Waals surface area contributed by atoms with Crippen molar-refractivity contribution in [2.75, 3.05) is 14.2 Å². The van der Waals surface area contributed by atoms with E-state index in [4.69, 9.17) is 0 Å². The van der Waals surface area contributed by atoms with Gasteiger partial charge in [0.1, 0.15) is 0 Å². The minimum absolute atomic E-state index is 0.506. The quantitative estimate of drug-likeness (QED) is 0.462. The molecule has 0 rings (SSSR count). The van der Waals surface area contributed by atoms with Crippen molar-refractivity contribution >= 4 is 12.3 Å². The monoisotopic (exact) mass is 176 g/mol. The summed E-state index contributed by atoms with van der Waals surface area (Å²) in [6.07, 6.45) is -2.05. The summed E-state index contributed by atoms with van der Waals surface area (Å²) in [7, 11) is 2.21. The Morgan fingerprint density at radius 3 is 1.58 bits per heavy atom. The molecule has 0 aromatic heterocycles. The van der Waals surface area contributed by atoms with E-state index in [1.807, 2.05) is 0 Å². The number of hydrogen-bond acceptors (Lipinski definition) is 6. The van der Waals surface area contributed by atoms with Gasteiger partial charge in [-0.1, -0.05) is 0 Å². The van der Waals surface area contributed by atoms with E-state index in [0.29, 0.717) is 0 Å². The molecule has 0 atom stereocenters. The van der Waals surface area contributed by atoms with Gasteiger partial charge >= 0.3 is 12.3 Å². The molecule has 0 amide bonds. The molecule has 0 aromatic rings. The second kappa shape index (κ2) is 5.00. The van der Waals surface area contributed by atoms with Crippen molar-refractivity contribution in [1.29, 1.82) is 0 Å². The van der Waals surface area contributed by atoms with Gasteiger partial charge in [-0.2, -0.15) is 0 Å². The van der Waals surface area contributed by atoms with Crippen molar-refractivity contribution in [3.05, 3.63) is 12.5 Å². The molecule has 0 fully saturated rings. The van der Waals surface area contributed by atoms with E-state index in [2.05, 4.69) is 25.5 Å². The second-order valence-electron chi connectivity index (χ2n) is 1.48. The van der Waals surface area contributed by atoms with Crippen LogP contribution in [-0.4, -0.2) is 26.5 Å². The molecular formula is C6H8O6. The highest BCUT2D eigenvalue weighted by Crippen LogP contribution is 1.99. The molecule has 6 heteroatoms. The molecule has 0 bridgehead atoms. The van der Waals surface area contributed by atoms with Gasteiger partial charge in [-0.3, -0.25) is 0 Å². The third-order valence-electron chi connectivity index (χ3n) is 0.728. The number of hydrogen-bond donors (Lipinski definition) is 0. The molecule has 0 heterocycles. The van der Waals surface area contributed by atoms with Crippen LogP contribution >= 0.6 is 0 Å². The summed E-state index contributed by atoms with van der Waals surface area (Å²) in [4.78, 5) is 20.7. The molecule has 0 aliphatic heterocycles. The summed E-state index contributed by atoms with van der Waals surface area (Å²) < 4.78 is 16.6. The third-order valence-corrected chi connectivity index (χ3v) is 0.728. The van der Waals surface area contributed by atoms with Gasteiger partial charge in [0.2, 0.25) is 0 Å². The molecule has 0 N–H and O–H groups in total. The number of rotatable bonds is 2. The van der Waals surface area contributed by atoms with Crippen molar-refractivity contribution in [3.63, 3.8) is 0 Å². The first-order valence-electron chi connectivity index (χ1n) is 2.80. The van der Waals surface area contributed by atoms with E-state index in [-0.39, 0.29) is 0 Å². The molecule has 68 valence electrons. The SMILES string of the molecule is C=C(OC(=O)OC)OC(=O)OC. The second-order valence-corrected chi connectivity index (χ2v) is 1.48. The summed E-state index contributed by atoms with van der Waals surface area (Å²) in [5.41, 5.74) is 0. The molecule has 6 nitrogen and oxygen atoms in total. The fraction of sp³-hybridized carbons (Fsp3) is 0.333. The number of carbonyl (C=O) groups is 2. The maximum Gasteiger partial charge on any atom is 0.515 e. The molecule has 0 saturated carbocycles. The lowest BCUT2D eigenvalue weighted by Crippen LogP contribution is -2.10. The molecule has 12 heavy (non-hydrogen) atoms. The lowest BCUT2D eigenvalue weighted by atomic mass is 11.0. The topological polar surface area (TPSA) is 71.1 Å². The standard InChI is InChI=1S/C6H8O6/c1-4(11-5(7)9-2)12-6(8)10-3/h1H2,2-3H3. The van der Waals surface area contributed by atoms with Crippen LogP contribution in [0.5, 0.6) is 0 Å². The minimum Gasteiger partial charge on any atom is -0.437 e. The highest BCUT2D eigenvalue weighted by atomic mass is 16.8. The number of methoxy groups -OCH3 is 2. The molecular weight excluding hydrogens is 168 g/mol. The van der Waals surface area contributed by atoms with Crippen LogP contribution < -0.4 is 0 Å². The first kappa shape index (κ1) is 10.3. The van der Waals surface area contributed by atoms with Gasteiger partial charge in [0.05, 0.1) is 14.2 Å². The van der Waals surface area contributed by atoms with Gasteiger partial charge in [0, 0.05) is 0 Å². The van der Waals surface area contributed by atoms with Gasteiger partial charge in [-0.15, -0.1) is 0 Å². The summed E-state index contributed by atoms with van der Waals surface area (Å²) in [6, 6.07) is 0. The van der Waals surface area contributed by atoms with Crippen molar-refractivity contribution in [2.24, 2.45) is 0 Å². The summed E-state index contributed by atoms with van der Waals surface area (Å²) in [5.74, 6) is -0.506. The Morgan fingerprint density at radius 1 is 1.00 bits per heavy atom. The van der Waals surface area contributed by atoms with Crippen LogP contribution in [0.2, 0.25) is 0 Å². The molecule has 0 aliphatic rings. The predicted octanol–water partition coefficient (Wildman–Crippen LogP) is 1.02. The Morgan fingerprint density at radius 2 is 1.33 bits per heavy atom. The predicted molar refractivity (Wildman–Crippen MR) is 36.1 cm³/mol. The fourth-order valence-corrected chi connectivity index (χ4v) is 0.290. The van der Waals surface area contributed by atoms with E-state index in [1.165, 1.54) is 0 Å². The Hall–Kier alpha value is -1.72. The van der Waals surface area contributed by atoms with Crippen LogP contribution in [0.4, 0.5) is 9.59 Å². The van der Waals surface area contributed by atoms with Crippen LogP contribution in [0, 0.1) is 0 Å². The lowest BCUT2D eigenvalue weighted by molar-refractivity contribution is 0.0275. The zero-order valence-electron chi connectivity index (χ0n) is 6.66. The van der Waals surface area contributed by atoms with Gasteiger partial charge in [0.15, 0.2) is 0 Å². The molecule has 0 aromatic carbocycles. The van der Waals surface area contributed by atoms with Crippen molar-refractivity contribution < 1.29 is 28.5 Å². The molecule has 0 radical (unpaired) electrons. The Labute approximate surface area is 68.7 Å². The summed E-state index contributed by atoms with van der Waals surface area (Å²) in [5, 5.41) is 0. The Balaban J connectivity index is 3.74. The van der Waals surface area contributed by atoms with Crippen LogP contribution in [0.25, 0.3) is 0 Å². The first-order valence-corrected chi connectivity index (χ1v) is 2.80. The smallest absolute Gasteiger partial charge is 0.437 e. The van der Waals surface area contributed by atoms with Gasteiger partial charge in [-0.25, -0.2) is 9.59 Å². The largest absolute Gasteiger partial charge is 0.515 e. The average Bonchev–Trinajstić information content (AvgIpc) is 2.03. The summed E-state index contributed by atoms with van der Waals surface area (Å²) in [6.45, 7) is 3.08. The maximum absolute atomic E-state index is 10.4. The zero-order valence-corrected chi connectivity index (χ0v) is 6.66. The van der Waals surface area contributed by atoms with E-state index in [0.717, 1.165) is 14.2 Å². The molecule has 0 aliphatic carbocycles. The van der Waals surface area contributed by atoms with E-state index in [9.17, 15) is 9.59 Å². The maximum atomic E-state index is 10.4. The average molecular weight is 176 g/mol. The van der Waals surface area contributed by atoms with Crippen LogP contribution in [0.15, 0.2) is 12.5 Å². The first-order chi connectivity index (χ1) is 5.60. The van der Waals surface area contributed by atoms with Crippen LogP contribution in [-0.2, 0) is 18.9 Å². The highest BCUT2D eigenvalue weighted by molar-refractivity contribution is 5.63. The van der Waals surface area contributed by atoms with E-state index < -0.39 is 18.3 Å². The lowest BCUT2D eigenvalue weighted by Gasteiger charge is -2.04. The van der Waals surface area contributed by atoms with E-state index >= 15 is 0 Å². The van der Waals surface area contributed by atoms with Crippen molar-refractivity contribution in [1.82, 2.24) is 0 Å². The Bertz CT molecular complexity index is 176. The van der Waals surface area contributed by atoms with Gasteiger partial charge in [-0.05, 0) is 6.58 Å². The van der Waals surface area contributed by atoms with Gasteiger partial charge < -0.3 is 18.9 Å². The van der Waals surface area contributed by atoms with Crippen molar-refractivity contribution in [2.45, 2.75) is 0 Å².